The van der Waals surface area contributed by atoms with Crippen LogP contribution in [0, 0.1) is 6.92 Å². The van der Waals surface area contributed by atoms with E-state index in [0.29, 0.717) is 0 Å². The van der Waals surface area contributed by atoms with Crippen molar-refractivity contribution in [1.82, 2.24) is 0 Å². The summed E-state index contributed by atoms with van der Waals surface area (Å²) in [6.45, 7) is 2.11. The smallest absolute Gasteiger partial charge is 0.0408 e. The molecule has 0 bridgehead atoms. The molecule has 13 heavy (non-hydrogen) atoms. The number of nitrogens with two attached hydrogens (primary N) is 1. The molecule has 70 valence electrons. The number of halogens is 1. The summed E-state index contributed by atoms with van der Waals surface area (Å²) in [5.74, 6) is 0. The van der Waals surface area contributed by atoms with Crippen LogP contribution < -0.4 is 5.73 Å². The van der Waals surface area contributed by atoms with Crippen molar-refractivity contribution >= 4 is 11.6 Å². The van der Waals surface area contributed by atoms with Crippen LogP contribution in [0.4, 0.5) is 0 Å². The predicted molar refractivity (Wildman–Crippen MR) is 56.0 cm³/mol. The fourth-order valence-corrected chi connectivity index (χ4v) is 1.74. The third-order valence-electron chi connectivity index (χ3n) is 2.75. The van der Waals surface area contributed by atoms with Crippen molar-refractivity contribution in [3.05, 3.63) is 34.3 Å². The maximum Gasteiger partial charge on any atom is 0.0408 e. The van der Waals surface area contributed by atoms with E-state index in [1.165, 1.54) is 11.1 Å². The van der Waals surface area contributed by atoms with E-state index in [1.54, 1.807) is 0 Å². The lowest BCUT2D eigenvalue weighted by atomic mass is 10.0. The first-order valence-corrected chi connectivity index (χ1v) is 5.01. The SMILES string of the molecule is Cc1ccc(Cl)cc1CC1(N)CC1. The van der Waals surface area contributed by atoms with Crippen molar-refractivity contribution in [3.63, 3.8) is 0 Å². The average Bonchev–Trinajstić information content (AvgIpc) is 2.76. The summed E-state index contributed by atoms with van der Waals surface area (Å²) >= 11 is 5.93. The minimum Gasteiger partial charge on any atom is -0.325 e. The fraction of sp³-hybridized carbons (Fsp3) is 0.455. The number of hydrogen-bond acceptors (Lipinski definition) is 1. The Hall–Kier alpha value is -0.530. The van der Waals surface area contributed by atoms with Crippen LogP contribution in [0.3, 0.4) is 0 Å². The summed E-state index contributed by atoms with van der Waals surface area (Å²) in [5, 5.41) is 0.810. The van der Waals surface area contributed by atoms with Crippen LogP contribution in [0.2, 0.25) is 5.02 Å². The lowest BCUT2D eigenvalue weighted by molar-refractivity contribution is 0.669. The van der Waals surface area contributed by atoms with Crippen LogP contribution in [0.25, 0.3) is 0 Å². The van der Waals surface area contributed by atoms with E-state index < -0.39 is 0 Å². The topological polar surface area (TPSA) is 26.0 Å². The first kappa shape index (κ1) is 9.04. The Morgan fingerprint density at radius 2 is 2.15 bits per heavy atom. The van der Waals surface area contributed by atoms with Gasteiger partial charge in [0.05, 0.1) is 0 Å². The number of hydrogen-bond donors (Lipinski definition) is 1. The summed E-state index contributed by atoms with van der Waals surface area (Å²) in [6.07, 6.45) is 3.28. The van der Waals surface area contributed by atoms with Gasteiger partial charge in [-0.2, -0.15) is 0 Å². The van der Waals surface area contributed by atoms with Crippen LogP contribution in [-0.4, -0.2) is 5.54 Å². The van der Waals surface area contributed by atoms with E-state index in [0.717, 1.165) is 24.3 Å². The lowest BCUT2D eigenvalue weighted by Gasteiger charge is -2.11. The Bertz CT molecular complexity index is 329. The van der Waals surface area contributed by atoms with Gasteiger partial charge >= 0.3 is 0 Å². The van der Waals surface area contributed by atoms with Gasteiger partial charge in [-0.25, -0.2) is 0 Å². The highest BCUT2D eigenvalue weighted by molar-refractivity contribution is 6.30. The molecular weight excluding hydrogens is 182 g/mol. The first-order valence-electron chi connectivity index (χ1n) is 4.63. The normalized spacial score (nSPS) is 18.7. The van der Waals surface area contributed by atoms with Crippen LogP contribution in [0.5, 0.6) is 0 Å². The van der Waals surface area contributed by atoms with Gasteiger partial charge in [0.2, 0.25) is 0 Å². The van der Waals surface area contributed by atoms with Crippen LogP contribution in [-0.2, 0) is 6.42 Å². The van der Waals surface area contributed by atoms with E-state index in [1.807, 2.05) is 12.1 Å². The van der Waals surface area contributed by atoms with Gasteiger partial charge in [0.1, 0.15) is 0 Å². The Morgan fingerprint density at radius 1 is 1.46 bits per heavy atom. The highest BCUT2D eigenvalue weighted by atomic mass is 35.5. The van der Waals surface area contributed by atoms with E-state index in [-0.39, 0.29) is 5.54 Å². The monoisotopic (exact) mass is 195 g/mol. The number of rotatable bonds is 2. The highest BCUT2D eigenvalue weighted by Crippen LogP contribution is 2.36. The molecule has 1 aromatic carbocycles. The third kappa shape index (κ3) is 2.04. The molecule has 0 saturated heterocycles. The van der Waals surface area contributed by atoms with Gasteiger partial charge in [0.15, 0.2) is 0 Å². The summed E-state index contributed by atoms with van der Waals surface area (Å²) < 4.78 is 0. The van der Waals surface area contributed by atoms with Crippen molar-refractivity contribution < 1.29 is 0 Å². The third-order valence-corrected chi connectivity index (χ3v) is 2.98. The molecule has 0 amide bonds. The first-order chi connectivity index (χ1) is 6.09. The molecule has 0 atom stereocenters. The molecule has 2 N–H and O–H groups in total. The molecule has 2 rings (SSSR count). The minimum atomic E-state index is 0.0788. The van der Waals surface area contributed by atoms with Crippen LogP contribution >= 0.6 is 11.6 Å². The fourth-order valence-electron chi connectivity index (χ4n) is 1.55. The van der Waals surface area contributed by atoms with Gasteiger partial charge in [0, 0.05) is 10.6 Å². The summed E-state index contributed by atoms with van der Waals surface area (Å²) in [5.41, 5.74) is 8.72. The van der Waals surface area contributed by atoms with E-state index >= 15 is 0 Å². The molecule has 1 aliphatic carbocycles. The van der Waals surface area contributed by atoms with Crippen molar-refractivity contribution in [1.29, 1.82) is 0 Å². The molecule has 1 aliphatic rings. The van der Waals surface area contributed by atoms with Gasteiger partial charge < -0.3 is 5.73 Å². The molecule has 0 radical (unpaired) electrons. The second-order valence-corrected chi connectivity index (χ2v) is 4.55. The van der Waals surface area contributed by atoms with Gasteiger partial charge in [-0.15, -0.1) is 0 Å². The average molecular weight is 196 g/mol. The summed E-state index contributed by atoms with van der Waals surface area (Å²) in [6, 6.07) is 6.02. The molecule has 0 unspecified atom stereocenters. The summed E-state index contributed by atoms with van der Waals surface area (Å²) in [7, 11) is 0. The van der Waals surface area contributed by atoms with E-state index in [4.69, 9.17) is 17.3 Å². The zero-order chi connectivity index (χ0) is 9.47. The van der Waals surface area contributed by atoms with Gasteiger partial charge in [-0.3, -0.25) is 0 Å². The zero-order valence-corrected chi connectivity index (χ0v) is 8.56. The maximum absolute atomic E-state index is 6.05. The molecule has 1 saturated carbocycles. The van der Waals surface area contributed by atoms with E-state index in [9.17, 15) is 0 Å². The van der Waals surface area contributed by atoms with Crippen LogP contribution in [0.1, 0.15) is 24.0 Å². The van der Waals surface area contributed by atoms with Crippen molar-refractivity contribution in [2.24, 2.45) is 5.73 Å². The van der Waals surface area contributed by atoms with Crippen molar-refractivity contribution in [2.45, 2.75) is 31.7 Å². The number of aryl methyl sites for hydroxylation is 1. The van der Waals surface area contributed by atoms with Gasteiger partial charge in [0.25, 0.3) is 0 Å². The second-order valence-electron chi connectivity index (χ2n) is 4.11. The molecule has 0 aromatic heterocycles. The Balaban J connectivity index is 2.23. The van der Waals surface area contributed by atoms with Crippen molar-refractivity contribution in [2.75, 3.05) is 0 Å². The quantitative estimate of drug-likeness (QED) is 0.772. The molecule has 1 nitrogen and oxygen atoms in total. The Morgan fingerprint density at radius 3 is 2.77 bits per heavy atom. The Labute approximate surface area is 83.9 Å². The van der Waals surface area contributed by atoms with Crippen molar-refractivity contribution in [3.8, 4) is 0 Å². The number of benzene rings is 1. The molecule has 1 aromatic rings. The van der Waals surface area contributed by atoms with E-state index in [2.05, 4.69) is 13.0 Å². The molecule has 0 aliphatic heterocycles. The minimum absolute atomic E-state index is 0.0788. The molecule has 1 fully saturated rings. The van der Waals surface area contributed by atoms with Crippen LogP contribution in [0.15, 0.2) is 18.2 Å². The molecular formula is C11H14ClN. The molecule has 0 spiro atoms. The zero-order valence-electron chi connectivity index (χ0n) is 7.81. The maximum atomic E-state index is 6.05. The predicted octanol–water partition coefficient (Wildman–Crippen LogP) is 2.68. The summed E-state index contributed by atoms with van der Waals surface area (Å²) in [4.78, 5) is 0. The largest absolute Gasteiger partial charge is 0.325 e. The molecule has 0 heterocycles. The second kappa shape index (κ2) is 3.00. The highest BCUT2D eigenvalue weighted by Gasteiger charge is 2.38. The Kier molecular flexibility index (Phi) is 2.09. The standard InChI is InChI=1S/C11H14ClN/c1-8-2-3-10(12)6-9(8)7-11(13)4-5-11/h2-3,6H,4-5,7,13H2,1H3. The molecule has 2 heteroatoms. The van der Waals surface area contributed by atoms with Gasteiger partial charge in [-0.05, 0) is 49.4 Å². The lowest BCUT2D eigenvalue weighted by Crippen LogP contribution is -2.24. The van der Waals surface area contributed by atoms with Gasteiger partial charge in [-0.1, -0.05) is 17.7 Å².